The van der Waals surface area contributed by atoms with Crippen molar-refractivity contribution in [1.29, 1.82) is 0 Å². The third kappa shape index (κ3) is 2.02. The van der Waals surface area contributed by atoms with Gasteiger partial charge in [-0.3, -0.25) is 4.79 Å². The molecule has 0 bridgehead atoms. The van der Waals surface area contributed by atoms with Crippen molar-refractivity contribution in [3.05, 3.63) is 29.8 Å². The zero-order valence-electron chi connectivity index (χ0n) is 8.64. The van der Waals surface area contributed by atoms with Gasteiger partial charge in [0, 0.05) is 0 Å². The number of Topliss-reactive ketones (excluding diaryl/α,β-unsaturated/α-hetero) is 1. The largest absolute Gasteiger partial charge is 0.487 e. The number of para-hydroxylation sites is 1. The second-order valence-corrected chi connectivity index (χ2v) is 3.85. The molecule has 1 fully saturated rings. The molecule has 0 heterocycles. The van der Waals surface area contributed by atoms with Crippen LogP contribution in [0.3, 0.4) is 0 Å². The zero-order valence-corrected chi connectivity index (χ0v) is 8.64. The monoisotopic (exact) mass is 206 g/mol. The first kappa shape index (κ1) is 10.2. The molecule has 15 heavy (non-hydrogen) atoms. The molecule has 0 aromatic heterocycles. The maximum Gasteiger partial charge on any atom is 0.163 e. The highest BCUT2D eigenvalue weighted by Crippen LogP contribution is 2.28. The van der Waals surface area contributed by atoms with Crippen LogP contribution in [-0.4, -0.2) is 23.1 Å². The van der Waals surface area contributed by atoms with Gasteiger partial charge in [0.2, 0.25) is 0 Å². The maximum absolute atomic E-state index is 11.3. The number of ether oxygens (including phenoxy) is 1. The lowest BCUT2D eigenvalue weighted by atomic mass is 9.92. The number of benzene rings is 1. The smallest absolute Gasteiger partial charge is 0.163 e. The van der Waals surface area contributed by atoms with Crippen molar-refractivity contribution < 1.29 is 14.6 Å². The van der Waals surface area contributed by atoms with Crippen LogP contribution in [0, 0.1) is 0 Å². The van der Waals surface area contributed by atoms with Crippen molar-refractivity contribution in [2.24, 2.45) is 0 Å². The quantitative estimate of drug-likeness (QED) is 0.767. The molecule has 1 aromatic carbocycles. The van der Waals surface area contributed by atoms with Crippen LogP contribution in [0.15, 0.2) is 24.3 Å². The number of aliphatic hydroxyl groups is 1. The molecule has 1 aliphatic rings. The lowest BCUT2D eigenvalue weighted by Crippen LogP contribution is -2.41. The highest BCUT2D eigenvalue weighted by atomic mass is 16.5. The highest BCUT2D eigenvalue weighted by Gasteiger charge is 2.31. The normalized spacial score (nSPS) is 24.4. The second-order valence-electron chi connectivity index (χ2n) is 3.85. The van der Waals surface area contributed by atoms with Crippen LogP contribution in [0.1, 0.15) is 30.1 Å². The molecule has 0 radical (unpaired) electrons. The van der Waals surface area contributed by atoms with Crippen LogP contribution < -0.4 is 4.74 Å². The summed E-state index contributed by atoms with van der Waals surface area (Å²) in [7, 11) is 0. The van der Waals surface area contributed by atoms with E-state index in [1.807, 2.05) is 6.07 Å². The van der Waals surface area contributed by atoms with Crippen LogP contribution >= 0.6 is 0 Å². The van der Waals surface area contributed by atoms with Crippen molar-refractivity contribution in [1.82, 2.24) is 0 Å². The summed E-state index contributed by atoms with van der Waals surface area (Å²) in [6, 6.07) is 7.14. The molecule has 3 heteroatoms. The summed E-state index contributed by atoms with van der Waals surface area (Å²) >= 11 is 0. The number of rotatable bonds is 3. The minimum absolute atomic E-state index is 0.0144. The Labute approximate surface area is 88.7 Å². The number of hydrogen-bond donors (Lipinski definition) is 1. The summed E-state index contributed by atoms with van der Waals surface area (Å²) in [5.74, 6) is 0.563. The van der Waals surface area contributed by atoms with E-state index in [4.69, 9.17) is 4.74 Å². The van der Waals surface area contributed by atoms with Crippen LogP contribution in [0.5, 0.6) is 5.75 Å². The summed E-state index contributed by atoms with van der Waals surface area (Å²) in [5.41, 5.74) is 0.580. The first-order valence-corrected chi connectivity index (χ1v) is 5.13. The Kier molecular flexibility index (Phi) is 2.73. The lowest BCUT2D eigenvalue weighted by Gasteiger charge is -2.32. The molecule has 80 valence electrons. The standard InChI is InChI=1S/C12H14O3/c1-8(13)9-4-2-3-5-11(9)15-12-7-6-10(12)14/h2-5,10,12,14H,6-7H2,1H3/t10-,12-/m0/s1. The average Bonchev–Trinajstić information content (AvgIpc) is 2.24. The fourth-order valence-electron chi connectivity index (χ4n) is 1.61. The molecule has 0 spiro atoms. The number of carbonyl (C=O) groups excluding carboxylic acids is 1. The topological polar surface area (TPSA) is 46.5 Å². The molecular formula is C12H14O3. The van der Waals surface area contributed by atoms with Gasteiger partial charge in [0.1, 0.15) is 11.9 Å². The molecule has 1 saturated carbocycles. The van der Waals surface area contributed by atoms with E-state index in [-0.39, 0.29) is 18.0 Å². The van der Waals surface area contributed by atoms with E-state index < -0.39 is 0 Å². The number of hydrogen-bond acceptors (Lipinski definition) is 3. The predicted octanol–water partition coefficient (Wildman–Crippen LogP) is 1.79. The molecule has 1 aromatic rings. The van der Waals surface area contributed by atoms with Crippen molar-refractivity contribution in [3.63, 3.8) is 0 Å². The lowest BCUT2D eigenvalue weighted by molar-refractivity contribution is -0.0364. The molecule has 1 aliphatic carbocycles. The summed E-state index contributed by atoms with van der Waals surface area (Å²) in [4.78, 5) is 11.3. The molecule has 2 rings (SSSR count). The van der Waals surface area contributed by atoms with E-state index in [0.717, 1.165) is 12.8 Å². The third-order valence-corrected chi connectivity index (χ3v) is 2.72. The first-order chi connectivity index (χ1) is 7.18. The molecule has 0 unspecified atom stereocenters. The molecule has 0 amide bonds. The van der Waals surface area contributed by atoms with Gasteiger partial charge in [0.15, 0.2) is 5.78 Å². The van der Waals surface area contributed by atoms with Gasteiger partial charge in [-0.05, 0) is 31.9 Å². The molecule has 1 N–H and O–H groups in total. The van der Waals surface area contributed by atoms with E-state index in [2.05, 4.69) is 0 Å². The van der Waals surface area contributed by atoms with Gasteiger partial charge in [-0.1, -0.05) is 12.1 Å². The summed E-state index contributed by atoms with van der Waals surface area (Å²) in [6.07, 6.45) is 1.11. The Balaban J connectivity index is 2.16. The maximum atomic E-state index is 11.3. The molecule has 0 aliphatic heterocycles. The highest BCUT2D eigenvalue weighted by molar-refractivity contribution is 5.96. The van der Waals surface area contributed by atoms with Crippen LogP contribution in [-0.2, 0) is 0 Å². The SMILES string of the molecule is CC(=O)c1ccccc1O[C@H]1CC[C@@H]1O. The zero-order chi connectivity index (χ0) is 10.8. The van der Waals surface area contributed by atoms with Gasteiger partial charge in [0.05, 0.1) is 11.7 Å². The molecule has 0 saturated heterocycles. The van der Waals surface area contributed by atoms with E-state index in [0.29, 0.717) is 11.3 Å². The molecule has 2 atom stereocenters. The van der Waals surface area contributed by atoms with E-state index in [1.165, 1.54) is 6.92 Å². The van der Waals surface area contributed by atoms with Crippen LogP contribution in [0.4, 0.5) is 0 Å². The Hall–Kier alpha value is -1.35. The fourth-order valence-corrected chi connectivity index (χ4v) is 1.61. The summed E-state index contributed by atoms with van der Waals surface area (Å²) < 4.78 is 5.58. The Bertz CT molecular complexity index is 373. The number of carbonyl (C=O) groups is 1. The van der Waals surface area contributed by atoms with Crippen molar-refractivity contribution in [3.8, 4) is 5.75 Å². The minimum atomic E-state index is -0.384. The van der Waals surface area contributed by atoms with Crippen LogP contribution in [0.2, 0.25) is 0 Å². The predicted molar refractivity (Wildman–Crippen MR) is 56.1 cm³/mol. The Morgan fingerprint density at radius 1 is 1.40 bits per heavy atom. The average molecular weight is 206 g/mol. The summed E-state index contributed by atoms with van der Waals surface area (Å²) in [5, 5.41) is 9.39. The van der Waals surface area contributed by atoms with E-state index in [9.17, 15) is 9.90 Å². The summed E-state index contributed by atoms with van der Waals surface area (Å²) in [6.45, 7) is 1.51. The Morgan fingerprint density at radius 2 is 2.13 bits per heavy atom. The third-order valence-electron chi connectivity index (χ3n) is 2.72. The number of aliphatic hydroxyl groups excluding tert-OH is 1. The second kappa shape index (κ2) is 4.03. The molecule has 3 nitrogen and oxygen atoms in total. The van der Waals surface area contributed by atoms with E-state index in [1.54, 1.807) is 18.2 Å². The van der Waals surface area contributed by atoms with Gasteiger partial charge >= 0.3 is 0 Å². The van der Waals surface area contributed by atoms with Crippen LogP contribution in [0.25, 0.3) is 0 Å². The van der Waals surface area contributed by atoms with Gasteiger partial charge < -0.3 is 9.84 Å². The fraction of sp³-hybridized carbons (Fsp3) is 0.417. The van der Waals surface area contributed by atoms with Gasteiger partial charge in [-0.2, -0.15) is 0 Å². The van der Waals surface area contributed by atoms with Crippen molar-refractivity contribution >= 4 is 5.78 Å². The van der Waals surface area contributed by atoms with Gasteiger partial charge in [-0.25, -0.2) is 0 Å². The van der Waals surface area contributed by atoms with Gasteiger partial charge in [-0.15, -0.1) is 0 Å². The van der Waals surface area contributed by atoms with Crippen molar-refractivity contribution in [2.45, 2.75) is 32.0 Å². The van der Waals surface area contributed by atoms with Crippen molar-refractivity contribution in [2.75, 3.05) is 0 Å². The Morgan fingerprint density at radius 3 is 2.67 bits per heavy atom. The molecular weight excluding hydrogens is 192 g/mol. The first-order valence-electron chi connectivity index (χ1n) is 5.13. The van der Waals surface area contributed by atoms with E-state index >= 15 is 0 Å². The number of ketones is 1. The minimum Gasteiger partial charge on any atom is -0.487 e. The van der Waals surface area contributed by atoms with Gasteiger partial charge in [0.25, 0.3) is 0 Å².